The van der Waals surface area contributed by atoms with E-state index in [4.69, 9.17) is 0 Å². The van der Waals surface area contributed by atoms with Crippen molar-refractivity contribution in [1.82, 2.24) is 10.2 Å². The molecule has 6 nitrogen and oxygen atoms in total. The molecule has 152 valence electrons. The van der Waals surface area contributed by atoms with Crippen LogP contribution >= 0.6 is 0 Å². The molecule has 1 fully saturated rings. The molecular formula is C23H27N3O3. The molecule has 0 radical (unpaired) electrons. The smallest absolute Gasteiger partial charge is 0.255 e. The standard InChI is InChI=1S/C23H27N3O3/c1-16(2)24-22(28)19-11-7-13-26(15-19)23(29)18-10-6-12-20(14-18)25-21(27)17-8-4-3-5-9-17/h3-6,8-10,12,14,16,19H,7,11,13,15H2,1-2H3,(H,24,28)(H,25,27)/t19-/m1/s1. The van der Waals surface area contributed by atoms with Gasteiger partial charge in [-0.15, -0.1) is 0 Å². The zero-order chi connectivity index (χ0) is 20.8. The van der Waals surface area contributed by atoms with Crippen LogP contribution in [-0.2, 0) is 4.79 Å². The molecule has 0 aliphatic carbocycles. The monoisotopic (exact) mass is 393 g/mol. The number of amides is 3. The molecule has 3 amide bonds. The second kappa shape index (κ2) is 9.37. The second-order valence-electron chi connectivity index (χ2n) is 7.65. The van der Waals surface area contributed by atoms with Crippen molar-refractivity contribution >= 4 is 23.4 Å². The van der Waals surface area contributed by atoms with Crippen molar-refractivity contribution in [2.45, 2.75) is 32.7 Å². The van der Waals surface area contributed by atoms with Gasteiger partial charge < -0.3 is 15.5 Å². The summed E-state index contributed by atoms with van der Waals surface area (Å²) in [6, 6.07) is 15.9. The van der Waals surface area contributed by atoms with Crippen LogP contribution in [0.4, 0.5) is 5.69 Å². The molecule has 0 bridgehead atoms. The first-order valence-corrected chi connectivity index (χ1v) is 10.00. The topological polar surface area (TPSA) is 78.5 Å². The molecule has 29 heavy (non-hydrogen) atoms. The number of anilines is 1. The van der Waals surface area contributed by atoms with Gasteiger partial charge in [0.2, 0.25) is 5.91 Å². The number of nitrogens with zero attached hydrogens (tertiary/aromatic N) is 1. The Hall–Kier alpha value is -3.15. The number of nitrogens with one attached hydrogen (secondary N) is 2. The van der Waals surface area contributed by atoms with Crippen LogP contribution in [0.3, 0.4) is 0 Å². The molecule has 1 heterocycles. The molecule has 2 aromatic carbocycles. The third-order valence-corrected chi connectivity index (χ3v) is 4.91. The first-order valence-electron chi connectivity index (χ1n) is 10.00. The lowest BCUT2D eigenvalue weighted by atomic mass is 9.96. The zero-order valence-electron chi connectivity index (χ0n) is 16.9. The fourth-order valence-electron chi connectivity index (χ4n) is 3.48. The van der Waals surface area contributed by atoms with E-state index < -0.39 is 0 Å². The maximum Gasteiger partial charge on any atom is 0.255 e. The molecule has 1 atom stereocenters. The van der Waals surface area contributed by atoms with Gasteiger partial charge in [-0.05, 0) is 57.0 Å². The number of likely N-dealkylation sites (tertiary alicyclic amines) is 1. The van der Waals surface area contributed by atoms with E-state index in [1.807, 2.05) is 19.9 Å². The van der Waals surface area contributed by atoms with Crippen molar-refractivity contribution in [2.75, 3.05) is 18.4 Å². The molecule has 1 aliphatic rings. The highest BCUT2D eigenvalue weighted by Crippen LogP contribution is 2.21. The van der Waals surface area contributed by atoms with E-state index in [0.29, 0.717) is 29.9 Å². The lowest BCUT2D eigenvalue weighted by Gasteiger charge is -2.32. The predicted molar refractivity (Wildman–Crippen MR) is 113 cm³/mol. The van der Waals surface area contributed by atoms with Crippen LogP contribution in [0.2, 0.25) is 0 Å². The summed E-state index contributed by atoms with van der Waals surface area (Å²) in [6.45, 7) is 4.90. The fraction of sp³-hybridized carbons (Fsp3) is 0.348. The van der Waals surface area contributed by atoms with Crippen molar-refractivity contribution in [3.63, 3.8) is 0 Å². The zero-order valence-corrected chi connectivity index (χ0v) is 16.9. The van der Waals surface area contributed by atoms with E-state index in [0.717, 1.165) is 12.8 Å². The Morgan fingerprint density at radius 2 is 1.72 bits per heavy atom. The minimum atomic E-state index is -0.224. The SMILES string of the molecule is CC(C)NC(=O)[C@@H]1CCCN(C(=O)c2cccc(NC(=O)c3ccccc3)c2)C1. The van der Waals surface area contributed by atoms with Crippen LogP contribution in [0.25, 0.3) is 0 Å². The summed E-state index contributed by atoms with van der Waals surface area (Å²) in [7, 11) is 0. The molecule has 0 unspecified atom stereocenters. The first kappa shape index (κ1) is 20.6. The van der Waals surface area contributed by atoms with Crippen LogP contribution in [0, 0.1) is 5.92 Å². The molecule has 0 aromatic heterocycles. The van der Waals surface area contributed by atoms with Crippen LogP contribution in [-0.4, -0.2) is 41.8 Å². The van der Waals surface area contributed by atoms with Gasteiger partial charge >= 0.3 is 0 Å². The minimum Gasteiger partial charge on any atom is -0.354 e. The van der Waals surface area contributed by atoms with Gasteiger partial charge in [-0.25, -0.2) is 0 Å². The van der Waals surface area contributed by atoms with E-state index in [1.165, 1.54) is 0 Å². The number of hydrogen-bond donors (Lipinski definition) is 2. The molecule has 2 N–H and O–H groups in total. The predicted octanol–water partition coefficient (Wildman–Crippen LogP) is 3.32. The molecule has 3 rings (SSSR count). The van der Waals surface area contributed by atoms with Gasteiger partial charge in [-0.1, -0.05) is 24.3 Å². The van der Waals surface area contributed by atoms with Crippen molar-refractivity contribution in [1.29, 1.82) is 0 Å². The largest absolute Gasteiger partial charge is 0.354 e. The van der Waals surface area contributed by atoms with E-state index in [9.17, 15) is 14.4 Å². The number of carbonyl (C=O) groups is 3. The number of benzene rings is 2. The third-order valence-electron chi connectivity index (χ3n) is 4.91. The van der Waals surface area contributed by atoms with E-state index in [-0.39, 0.29) is 29.7 Å². The van der Waals surface area contributed by atoms with Crippen LogP contribution in [0.5, 0.6) is 0 Å². The lowest BCUT2D eigenvalue weighted by molar-refractivity contribution is -0.126. The quantitative estimate of drug-likeness (QED) is 0.818. The number of piperidine rings is 1. The van der Waals surface area contributed by atoms with Crippen LogP contribution in [0.1, 0.15) is 47.4 Å². The normalized spacial score (nSPS) is 16.4. The van der Waals surface area contributed by atoms with E-state index in [1.54, 1.807) is 53.4 Å². The number of carbonyl (C=O) groups excluding carboxylic acids is 3. The summed E-state index contributed by atoms with van der Waals surface area (Å²) in [5.41, 5.74) is 1.62. The van der Waals surface area contributed by atoms with Gasteiger partial charge in [0.05, 0.1) is 5.92 Å². The van der Waals surface area contributed by atoms with Crippen molar-refractivity contribution in [2.24, 2.45) is 5.92 Å². The van der Waals surface area contributed by atoms with Crippen molar-refractivity contribution in [3.8, 4) is 0 Å². The summed E-state index contributed by atoms with van der Waals surface area (Å²) in [6.07, 6.45) is 1.59. The van der Waals surface area contributed by atoms with Gasteiger partial charge in [0, 0.05) is 35.9 Å². The molecule has 1 saturated heterocycles. The van der Waals surface area contributed by atoms with Gasteiger partial charge in [-0.3, -0.25) is 14.4 Å². The Labute approximate surface area is 171 Å². The van der Waals surface area contributed by atoms with Crippen LogP contribution in [0.15, 0.2) is 54.6 Å². The van der Waals surface area contributed by atoms with Gasteiger partial charge in [-0.2, -0.15) is 0 Å². The minimum absolute atomic E-state index is 0.00127. The Balaban J connectivity index is 1.67. The second-order valence-corrected chi connectivity index (χ2v) is 7.65. The summed E-state index contributed by atoms with van der Waals surface area (Å²) < 4.78 is 0. The van der Waals surface area contributed by atoms with Crippen LogP contribution < -0.4 is 10.6 Å². The maximum absolute atomic E-state index is 13.0. The average Bonchev–Trinajstić information content (AvgIpc) is 2.73. The summed E-state index contributed by atoms with van der Waals surface area (Å²) >= 11 is 0. The third kappa shape index (κ3) is 5.44. The van der Waals surface area contributed by atoms with Gasteiger partial charge in [0.25, 0.3) is 11.8 Å². The molecule has 2 aromatic rings. The Kier molecular flexibility index (Phi) is 6.65. The molecule has 6 heteroatoms. The lowest BCUT2D eigenvalue weighted by Crippen LogP contribution is -2.46. The number of rotatable bonds is 5. The van der Waals surface area contributed by atoms with Crippen molar-refractivity contribution < 1.29 is 14.4 Å². The average molecular weight is 393 g/mol. The Bertz CT molecular complexity index is 880. The first-order chi connectivity index (χ1) is 13.9. The van der Waals surface area contributed by atoms with Crippen molar-refractivity contribution in [3.05, 3.63) is 65.7 Å². The maximum atomic E-state index is 13.0. The highest BCUT2D eigenvalue weighted by molar-refractivity contribution is 6.05. The highest BCUT2D eigenvalue weighted by atomic mass is 16.2. The number of hydrogen-bond acceptors (Lipinski definition) is 3. The summed E-state index contributed by atoms with van der Waals surface area (Å²) in [4.78, 5) is 39.4. The Morgan fingerprint density at radius 1 is 1.00 bits per heavy atom. The molecule has 0 saturated carbocycles. The van der Waals surface area contributed by atoms with E-state index >= 15 is 0 Å². The van der Waals surface area contributed by atoms with Gasteiger partial charge in [0.1, 0.15) is 0 Å². The Morgan fingerprint density at radius 3 is 2.45 bits per heavy atom. The fourth-order valence-corrected chi connectivity index (χ4v) is 3.48. The molecule has 1 aliphatic heterocycles. The highest BCUT2D eigenvalue weighted by Gasteiger charge is 2.29. The summed E-state index contributed by atoms with van der Waals surface area (Å²) in [5, 5.41) is 5.76. The van der Waals surface area contributed by atoms with E-state index in [2.05, 4.69) is 10.6 Å². The van der Waals surface area contributed by atoms with Gasteiger partial charge in [0.15, 0.2) is 0 Å². The molecular weight excluding hydrogens is 366 g/mol. The summed E-state index contributed by atoms with van der Waals surface area (Å²) in [5.74, 6) is -0.529. The molecule has 0 spiro atoms.